The molecule has 7 nitrogen and oxygen atoms in total. The summed E-state index contributed by atoms with van der Waals surface area (Å²) in [6, 6.07) is 3.56. The van der Waals surface area contributed by atoms with E-state index in [1.807, 2.05) is 6.92 Å². The maximum atomic E-state index is 12.2. The molecule has 3 rings (SSSR count). The van der Waals surface area contributed by atoms with Gasteiger partial charge in [0.2, 0.25) is 0 Å². The van der Waals surface area contributed by atoms with Gasteiger partial charge in [0.25, 0.3) is 5.91 Å². The molecule has 0 aliphatic heterocycles. The van der Waals surface area contributed by atoms with Crippen LogP contribution < -0.4 is 5.32 Å². The lowest BCUT2D eigenvalue weighted by atomic mass is 10.2. The summed E-state index contributed by atoms with van der Waals surface area (Å²) in [5.41, 5.74) is 0.376. The van der Waals surface area contributed by atoms with Crippen LogP contribution in [0.3, 0.4) is 0 Å². The average molecular weight is 260 g/mol. The molecular formula is C12H12N4O3. The van der Waals surface area contributed by atoms with E-state index in [9.17, 15) is 4.79 Å². The van der Waals surface area contributed by atoms with E-state index in [0.29, 0.717) is 36.0 Å². The molecule has 98 valence electrons. The van der Waals surface area contributed by atoms with Crippen molar-refractivity contribution in [3.63, 3.8) is 0 Å². The van der Waals surface area contributed by atoms with Gasteiger partial charge in [0, 0.05) is 6.42 Å². The quantitative estimate of drug-likeness (QED) is 0.766. The number of nitrogens with one attached hydrogen (secondary N) is 1. The predicted molar refractivity (Wildman–Crippen MR) is 64.5 cm³/mol. The van der Waals surface area contributed by atoms with E-state index in [1.165, 1.54) is 10.8 Å². The molecular weight excluding hydrogens is 248 g/mol. The Balaban J connectivity index is 1.85. The molecule has 19 heavy (non-hydrogen) atoms. The number of aromatic nitrogens is 3. The Bertz CT molecular complexity index is 696. The van der Waals surface area contributed by atoms with Crippen LogP contribution in [-0.4, -0.2) is 20.5 Å². The Morgan fingerprint density at radius 1 is 1.53 bits per heavy atom. The highest BCUT2D eigenvalue weighted by atomic mass is 16.4. The molecule has 1 amide bonds. The van der Waals surface area contributed by atoms with Gasteiger partial charge in [0.05, 0.1) is 12.8 Å². The Labute approximate surface area is 108 Å². The van der Waals surface area contributed by atoms with Crippen molar-refractivity contribution in [3.8, 4) is 0 Å². The number of hydrogen-bond donors (Lipinski definition) is 1. The number of oxazole rings is 1. The summed E-state index contributed by atoms with van der Waals surface area (Å²) in [4.78, 5) is 16.1. The van der Waals surface area contributed by atoms with Crippen molar-refractivity contribution in [1.29, 1.82) is 0 Å². The van der Waals surface area contributed by atoms with Crippen LogP contribution in [0.2, 0.25) is 0 Å². The van der Waals surface area contributed by atoms with Gasteiger partial charge in [-0.15, -0.1) is 0 Å². The zero-order valence-electron chi connectivity index (χ0n) is 10.3. The molecule has 0 saturated heterocycles. The molecule has 0 unspecified atom stereocenters. The molecule has 3 aromatic heterocycles. The van der Waals surface area contributed by atoms with Crippen molar-refractivity contribution in [2.24, 2.45) is 0 Å². The highest BCUT2D eigenvalue weighted by Crippen LogP contribution is 2.15. The van der Waals surface area contributed by atoms with Crippen LogP contribution in [0.1, 0.15) is 28.9 Å². The SMILES string of the molecule is CCc1oc2ncnn2c1C(=O)NCc1ccco1. The number of fused-ring (bicyclic) bond motifs is 1. The standard InChI is InChI=1S/C12H12N4O3/c1-2-9-10(16-12(19-9)14-7-15-16)11(17)13-6-8-4-3-5-18-8/h3-5,7H,2,6H2,1H3,(H,13,17). The van der Waals surface area contributed by atoms with Crippen molar-refractivity contribution in [2.45, 2.75) is 19.9 Å². The van der Waals surface area contributed by atoms with Crippen LogP contribution in [0.5, 0.6) is 0 Å². The molecule has 0 atom stereocenters. The minimum Gasteiger partial charge on any atom is -0.467 e. The van der Waals surface area contributed by atoms with Gasteiger partial charge >= 0.3 is 5.84 Å². The van der Waals surface area contributed by atoms with E-state index in [1.54, 1.807) is 18.4 Å². The number of carbonyl (C=O) groups excluding carboxylic acids is 1. The lowest BCUT2D eigenvalue weighted by molar-refractivity contribution is 0.0939. The fraction of sp³-hybridized carbons (Fsp3) is 0.250. The van der Waals surface area contributed by atoms with E-state index in [4.69, 9.17) is 8.83 Å². The largest absolute Gasteiger partial charge is 0.467 e. The Morgan fingerprint density at radius 2 is 2.42 bits per heavy atom. The van der Waals surface area contributed by atoms with E-state index in [0.717, 1.165) is 0 Å². The molecule has 0 aromatic carbocycles. The van der Waals surface area contributed by atoms with Crippen LogP contribution in [-0.2, 0) is 13.0 Å². The van der Waals surface area contributed by atoms with Crippen LogP contribution in [0.25, 0.3) is 5.84 Å². The minimum absolute atomic E-state index is 0.266. The van der Waals surface area contributed by atoms with Crippen molar-refractivity contribution in [1.82, 2.24) is 19.9 Å². The fourth-order valence-corrected chi connectivity index (χ4v) is 1.86. The highest BCUT2D eigenvalue weighted by molar-refractivity contribution is 5.93. The third kappa shape index (κ3) is 1.99. The van der Waals surface area contributed by atoms with Gasteiger partial charge in [0.1, 0.15) is 17.8 Å². The third-order valence-corrected chi connectivity index (χ3v) is 2.75. The average Bonchev–Trinajstić information content (AvgIpc) is 3.11. The first-order valence-electron chi connectivity index (χ1n) is 5.91. The van der Waals surface area contributed by atoms with Crippen molar-refractivity contribution in [3.05, 3.63) is 41.9 Å². The first-order valence-corrected chi connectivity index (χ1v) is 5.91. The summed E-state index contributed by atoms with van der Waals surface area (Å²) in [6.45, 7) is 2.22. The van der Waals surface area contributed by atoms with Gasteiger partial charge in [-0.1, -0.05) is 6.92 Å². The lowest BCUT2D eigenvalue weighted by Crippen LogP contribution is -2.25. The van der Waals surface area contributed by atoms with Gasteiger partial charge in [0.15, 0.2) is 5.69 Å². The Hall–Kier alpha value is -2.57. The zero-order chi connectivity index (χ0) is 13.2. The summed E-state index contributed by atoms with van der Waals surface area (Å²) in [5, 5.41) is 6.74. The summed E-state index contributed by atoms with van der Waals surface area (Å²) >= 11 is 0. The fourth-order valence-electron chi connectivity index (χ4n) is 1.86. The molecule has 0 aliphatic rings. The second-order valence-corrected chi connectivity index (χ2v) is 3.94. The van der Waals surface area contributed by atoms with Crippen LogP contribution >= 0.6 is 0 Å². The molecule has 0 spiro atoms. The van der Waals surface area contributed by atoms with Crippen molar-refractivity contribution < 1.29 is 13.6 Å². The van der Waals surface area contributed by atoms with Crippen LogP contribution in [0.15, 0.2) is 33.6 Å². The number of amides is 1. The second kappa shape index (κ2) is 4.60. The molecule has 3 aromatic rings. The Morgan fingerprint density at radius 3 is 3.16 bits per heavy atom. The van der Waals surface area contributed by atoms with Gasteiger partial charge in [-0.05, 0) is 12.1 Å². The number of aryl methyl sites for hydroxylation is 1. The number of carbonyl (C=O) groups is 1. The van der Waals surface area contributed by atoms with Crippen LogP contribution in [0.4, 0.5) is 0 Å². The summed E-state index contributed by atoms with van der Waals surface area (Å²) in [6.07, 6.45) is 3.50. The molecule has 3 heterocycles. The molecule has 0 bridgehead atoms. The summed E-state index contributed by atoms with van der Waals surface area (Å²) in [7, 11) is 0. The predicted octanol–water partition coefficient (Wildman–Crippen LogP) is 1.41. The molecule has 7 heteroatoms. The van der Waals surface area contributed by atoms with E-state index < -0.39 is 0 Å². The van der Waals surface area contributed by atoms with Crippen molar-refractivity contribution in [2.75, 3.05) is 0 Å². The number of rotatable bonds is 4. The third-order valence-electron chi connectivity index (χ3n) is 2.75. The summed E-state index contributed by atoms with van der Waals surface area (Å²) < 4.78 is 12.0. The number of hydrogen-bond acceptors (Lipinski definition) is 5. The topological polar surface area (TPSA) is 85.6 Å². The van der Waals surface area contributed by atoms with Gasteiger partial charge in [-0.2, -0.15) is 14.6 Å². The lowest BCUT2D eigenvalue weighted by Gasteiger charge is -2.02. The van der Waals surface area contributed by atoms with Crippen molar-refractivity contribution >= 4 is 11.8 Å². The van der Waals surface area contributed by atoms with E-state index in [-0.39, 0.29) is 5.91 Å². The Kier molecular flexibility index (Phi) is 2.79. The number of furan rings is 1. The number of nitrogens with zero attached hydrogens (tertiary/aromatic N) is 3. The molecule has 0 radical (unpaired) electrons. The zero-order valence-corrected chi connectivity index (χ0v) is 10.3. The molecule has 0 saturated carbocycles. The maximum absolute atomic E-state index is 12.2. The van der Waals surface area contributed by atoms with E-state index in [2.05, 4.69) is 15.4 Å². The van der Waals surface area contributed by atoms with E-state index >= 15 is 0 Å². The second-order valence-electron chi connectivity index (χ2n) is 3.94. The van der Waals surface area contributed by atoms with Gasteiger partial charge < -0.3 is 14.2 Å². The minimum atomic E-state index is -0.266. The smallest absolute Gasteiger partial charge is 0.325 e. The van der Waals surface area contributed by atoms with Gasteiger partial charge in [-0.3, -0.25) is 4.79 Å². The molecule has 1 N–H and O–H groups in total. The molecule has 0 fully saturated rings. The maximum Gasteiger partial charge on any atom is 0.325 e. The normalized spacial score (nSPS) is 11.0. The first-order chi connectivity index (χ1) is 9.29. The van der Waals surface area contributed by atoms with Gasteiger partial charge in [-0.25, -0.2) is 0 Å². The first kappa shape index (κ1) is 11.5. The monoisotopic (exact) mass is 260 g/mol. The van der Waals surface area contributed by atoms with Crippen LogP contribution in [0, 0.1) is 0 Å². The highest BCUT2D eigenvalue weighted by Gasteiger charge is 2.21. The summed E-state index contributed by atoms with van der Waals surface area (Å²) in [5.74, 6) is 1.30. The molecule has 0 aliphatic carbocycles.